The van der Waals surface area contributed by atoms with Crippen LogP contribution in [0.5, 0.6) is 0 Å². The molecule has 1 aliphatic carbocycles. The standard InChI is InChI=1S/C13H17N3O/c14-9-12-8-11(4-5-15-12)10-16(6-7-17)13-2-1-3-13/h4-5,8,13,17H,1-3,6-7,10H2. The van der Waals surface area contributed by atoms with Crippen LogP contribution < -0.4 is 0 Å². The fraction of sp³-hybridized carbons (Fsp3) is 0.538. The maximum atomic E-state index is 9.08. The Morgan fingerprint density at radius 3 is 2.94 bits per heavy atom. The van der Waals surface area contributed by atoms with Crippen LogP contribution in [0.25, 0.3) is 0 Å². The number of hydrogen-bond donors (Lipinski definition) is 1. The van der Waals surface area contributed by atoms with E-state index in [2.05, 4.69) is 16.0 Å². The number of nitriles is 1. The van der Waals surface area contributed by atoms with Crippen molar-refractivity contribution in [3.63, 3.8) is 0 Å². The van der Waals surface area contributed by atoms with Crippen LogP contribution in [0.4, 0.5) is 0 Å². The fourth-order valence-corrected chi connectivity index (χ4v) is 2.14. The van der Waals surface area contributed by atoms with Gasteiger partial charge in [-0.25, -0.2) is 4.98 Å². The summed E-state index contributed by atoms with van der Waals surface area (Å²) in [5.74, 6) is 0. The summed E-state index contributed by atoms with van der Waals surface area (Å²) in [5, 5.41) is 17.9. The number of aliphatic hydroxyl groups is 1. The first-order valence-electron chi connectivity index (χ1n) is 6.03. The van der Waals surface area contributed by atoms with Crippen molar-refractivity contribution in [2.24, 2.45) is 0 Å². The molecule has 1 aliphatic rings. The van der Waals surface area contributed by atoms with E-state index in [0.717, 1.165) is 12.1 Å². The highest BCUT2D eigenvalue weighted by Gasteiger charge is 2.24. The van der Waals surface area contributed by atoms with Crippen LogP contribution in [0, 0.1) is 11.3 Å². The molecule has 0 amide bonds. The topological polar surface area (TPSA) is 60.2 Å². The number of nitrogens with zero attached hydrogens (tertiary/aromatic N) is 3. The van der Waals surface area contributed by atoms with Gasteiger partial charge in [0.1, 0.15) is 11.8 Å². The lowest BCUT2D eigenvalue weighted by Gasteiger charge is -2.37. The Labute approximate surface area is 102 Å². The van der Waals surface area contributed by atoms with E-state index in [1.807, 2.05) is 12.1 Å². The molecule has 0 aromatic carbocycles. The Morgan fingerprint density at radius 1 is 1.53 bits per heavy atom. The van der Waals surface area contributed by atoms with Crippen LogP contribution in [0.2, 0.25) is 0 Å². The summed E-state index contributed by atoms with van der Waals surface area (Å²) in [4.78, 5) is 6.25. The minimum atomic E-state index is 0.187. The van der Waals surface area contributed by atoms with Gasteiger partial charge in [-0.1, -0.05) is 6.42 Å². The third-order valence-corrected chi connectivity index (χ3v) is 3.30. The number of aromatic nitrogens is 1. The molecule has 0 unspecified atom stereocenters. The van der Waals surface area contributed by atoms with Crippen LogP contribution in [0.3, 0.4) is 0 Å². The maximum Gasteiger partial charge on any atom is 0.140 e. The van der Waals surface area contributed by atoms with E-state index in [4.69, 9.17) is 10.4 Å². The molecular weight excluding hydrogens is 214 g/mol. The largest absolute Gasteiger partial charge is 0.395 e. The third-order valence-electron chi connectivity index (χ3n) is 3.30. The van der Waals surface area contributed by atoms with Crippen molar-refractivity contribution in [2.75, 3.05) is 13.2 Å². The Bertz CT molecular complexity index is 409. The molecule has 1 heterocycles. The summed E-state index contributed by atoms with van der Waals surface area (Å²) in [5.41, 5.74) is 1.55. The van der Waals surface area contributed by atoms with E-state index in [9.17, 15) is 0 Å². The van der Waals surface area contributed by atoms with Crippen LogP contribution in [-0.2, 0) is 6.54 Å². The first kappa shape index (κ1) is 12.0. The molecule has 90 valence electrons. The molecule has 0 atom stereocenters. The van der Waals surface area contributed by atoms with Crippen molar-refractivity contribution in [1.29, 1.82) is 5.26 Å². The Hall–Kier alpha value is -1.44. The summed E-state index contributed by atoms with van der Waals surface area (Å²) in [6, 6.07) is 6.41. The maximum absolute atomic E-state index is 9.08. The van der Waals surface area contributed by atoms with E-state index < -0.39 is 0 Å². The van der Waals surface area contributed by atoms with E-state index in [1.165, 1.54) is 19.3 Å². The van der Waals surface area contributed by atoms with Gasteiger partial charge >= 0.3 is 0 Å². The number of hydrogen-bond acceptors (Lipinski definition) is 4. The van der Waals surface area contributed by atoms with Gasteiger partial charge in [-0.2, -0.15) is 5.26 Å². The van der Waals surface area contributed by atoms with Gasteiger partial charge in [-0.15, -0.1) is 0 Å². The summed E-state index contributed by atoms with van der Waals surface area (Å²) >= 11 is 0. The van der Waals surface area contributed by atoms with Gasteiger partial charge in [0.2, 0.25) is 0 Å². The van der Waals surface area contributed by atoms with E-state index in [1.54, 1.807) is 6.20 Å². The van der Waals surface area contributed by atoms with Crippen LogP contribution in [0.1, 0.15) is 30.5 Å². The normalized spacial score (nSPS) is 15.6. The second kappa shape index (κ2) is 5.76. The van der Waals surface area contributed by atoms with Crippen molar-refractivity contribution in [1.82, 2.24) is 9.88 Å². The van der Waals surface area contributed by atoms with Crippen molar-refractivity contribution < 1.29 is 5.11 Å². The monoisotopic (exact) mass is 231 g/mol. The van der Waals surface area contributed by atoms with Gasteiger partial charge in [0.25, 0.3) is 0 Å². The summed E-state index contributed by atoms with van der Waals surface area (Å²) in [7, 11) is 0. The molecule has 17 heavy (non-hydrogen) atoms. The number of aliphatic hydroxyl groups excluding tert-OH is 1. The second-order valence-corrected chi connectivity index (χ2v) is 4.44. The highest BCUT2D eigenvalue weighted by molar-refractivity contribution is 5.25. The molecule has 4 nitrogen and oxygen atoms in total. The summed E-state index contributed by atoms with van der Waals surface area (Å²) in [6.45, 7) is 1.68. The van der Waals surface area contributed by atoms with E-state index in [-0.39, 0.29) is 6.61 Å². The molecule has 1 N–H and O–H groups in total. The number of pyridine rings is 1. The van der Waals surface area contributed by atoms with Crippen molar-refractivity contribution in [3.05, 3.63) is 29.6 Å². The van der Waals surface area contributed by atoms with E-state index in [0.29, 0.717) is 18.3 Å². The molecule has 2 rings (SSSR count). The highest BCUT2D eigenvalue weighted by Crippen LogP contribution is 2.25. The average molecular weight is 231 g/mol. The van der Waals surface area contributed by atoms with Gasteiger partial charge in [0.15, 0.2) is 0 Å². The zero-order valence-corrected chi connectivity index (χ0v) is 9.84. The zero-order chi connectivity index (χ0) is 12.1. The second-order valence-electron chi connectivity index (χ2n) is 4.44. The molecule has 0 spiro atoms. The smallest absolute Gasteiger partial charge is 0.140 e. The van der Waals surface area contributed by atoms with E-state index >= 15 is 0 Å². The van der Waals surface area contributed by atoms with Crippen LogP contribution >= 0.6 is 0 Å². The zero-order valence-electron chi connectivity index (χ0n) is 9.84. The molecule has 1 aromatic rings. The minimum Gasteiger partial charge on any atom is -0.395 e. The summed E-state index contributed by atoms with van der Waals surface area (Å²) < 4.78 is 0. The first-order chi connectivity index (χ1) is 8.33. The predicted molar refractivity (Wildman–Crippen MR) is 64.1 cm³/mol. The minimum absolute atomic E-state index is 0.187. The SMILES string of the molecule is N#Cc1cc(CN(CCO)C2CCC2)ccn1. The molecule has 0 aliphatic heterocycles. The lowest BCUT2D eigenvalue weighted by atomic mass is 9.91. The molecule has 1 fully saturated rings. The van der Waals surface area contributed by atoms with Crippen molar-refractivity contribution in [3.8, 4) is 6.07 Å². The van der Waals surface area contributed by atoms with Gasteiger partial charge < -0.3 is 5.11 Å². The van der Waals surface area contributed by atoms with Gasteiger partial charge in [-0.05, 0) is 30.5 Å². The average Bonchev–Trinajstić information content (AvgIpc) is 2.27. The van der Waals surface area contributed by atoms with Crippen LogP contribution in [-0.4, -0.2) is 34.2 Å². The fourth-order valence-electron chi connectivity index (χ4n) is 2.14. The molecule has 4 heteroatoms. The Balaban J connectivity index is 2.03. The molecule has 0 saturated heterocycles. The Morgan fingerprint density at radius 2 is 2.35 bits per heavy atom. The van der Waals surface area contributed by atoms with Crippen molar-refractivity contribution in [2.45, 2.75) is 31.8 Å². The van der Waals surface area contributed by atoms with Crippen molar-refractivity contribution >= 4 is 0 Å². The Kier molecular flexibility index (Phi) is 4.08. The molecule has 0 bridgehead atoms. The molecular formula is C13H17N3O. The molecule has 0 radical (unpaired) electrons. The third kappa shape index (κ3) is 3.02. The van der Waals surface area contributed by atoms with Crippen LogP contribution in [0.15, 0.2) is 18.3 Å². The first-order valence-corrected chi connectivity index (χ1v) is 6.03. The lowest BCUT2D eigenvalue weighted by Crippen LogP contribution is -2.41. The van der Waals surface area contributed by atoms with Gasteiger partial charge in [-0.3, -0.25) is 4.90 Å². The quantitative estimate of drug-likeness (QED) is 0.829. The molecule has 1 saturated carbocycles. The predicted octanol–water partition coefficient (Wildman–Crippen LogP) is 1.30. The molecule has 1 aromatic heterocycles. The van der Waals surface area contributed by atoms with Gasteiger partial charge in [0.05, 0.1) is 6.61 Å². The number of rotatable bonds is 5. The lowest BCUT2D eigenvalue weighted by molar-refractivity contribution is 0.0945. The highest BCUT2D eigenvalue weighted by atomic mass is 16.3. The summed E-state index contributed by atoms with van der Waals surface area (Å²) in [6.07, 6.45) is 5.39. The van der Waals surface area contributed by atoms with Gasteiger partial charge in [0, 0.05) is 25.3 Å².